The summed E-state index contributed by atoms with van der Waals surface area (Å²) in [6.45, 7) is 0. The third-order valence-electron chi connectivity index (χ3n) is 2.23. The van der Waals surface area contributed by atoms with Crippen molar-refractivity contribution in [3.63, 3.8) is 0 Å². The van der Waals surface area contributed by atoms with Crippen molar-refractivity contribution >= 4 is 22.1 Å². The molecule has 15 heavy (non-hydrogen) atoms. The molecule has 1 aromatic carbocycles. The number of nitrogens with two attached hydrogens (primary N) is 1. The average Bonchev–Trinajstić information content (AvgIpc) is 2.66. The van der Waals surface area contributed by atoms with Crippen LogP contribution in [0.25, 0.3) is 0 Å². The first-order chi connectivity index (χ1) is 7.27. The van der Waals surface area contributed by atoms with Gasteiger partial charge in [0.1, 0.15) is 0 Å². The topological polar surface area (TPSA) is 43.1 Å². The Labute approximate surface area is 92.4 Å². The van der Waals surface area contributed by atoms with E-state index >= 15 is 0 Å². The van der Waals surface area contributed by atoms with Crippen LogP contribution >= 0.6 is 11.3 Å². The highest BCUT2D eigenvalue weighted by Crippen LogP contribution is 2.20. The maximum absolute atomic E-state index is 11.8. The van der Waals surface area contributed by atoms with Gasteiger partial charge in [0.2, 0.25) is 0 Å². The zero-order chi connectivity index (χ0) is 10.7. The Kier molecular flexibility index (Phi) is 2.83. The van der Waals surface area contributed by atoms with Crippen molar-refractivity contribution in [2.75, 3.05) is 5.73 Å². The molecule has 0 spiro atoms. The van der Waals surface area contributed by atoms with Crippen LogP contribution in [-0.2, 0) is 6.42 Å². The molecule has 3 heteroatoms. The minimum absolute atomic E-state index is 0.112. The van der Waals surface area contributed by atoms with Gasteiger partial charge in [0.05, 0.1) is 5.00 Å². The third kappa shape index (κ3) is 2.25. The van der Waals surface area contributed by atoms with Crippen molar-refractivity contribution in [1.82, 2.24) is 0 Å². The lowest BCUT2D eigenvalue weighted by Crippen LogP contribution is -2.03. The normalized spacial score (nSPS) is 10.1. The predicted octanol–water partition coefficient (Wildman–Crippen LogP) is 2.76. The summed E-state index contributed by atoms with van der Waals surface area (Å²) in [6, 6.07) is 11.2. The molecule has 0 amide bonds. The second-order valence-corrected chi connectivity index (χ2v) is 4.22. The van der Waals surface area contributed by atoms with Crippen LogP contribution in [0.3, 0.4) is 0 Å². The molecule has 2 nitrogen and oxygen atoms in total. The number of carbonyl (C=O) groups is 1. The van der Waals surface area contributed by atoms with Crippen molar-refractivity contribution in [2.45, 2.75) is 6.42 Å². The summed E-state index contributed by atoms with van der Waals surface area (Å²) in [4.78, 5) is 11.8. The van der Waals surface area contributed by atoms with Gasteiger partial charge >= 0.3 is 0 Å². The summed E-state index contributed by atoms with van der Waals surface area (Å²) in [7, 11) is 0. The van der Waals surface area contributed by atoms with Crippen LogP contribution in [0.1, 0.15) is 15.9 Å². The van der Waals surface area contributed by atoms with E-state index in [0.29, 0.717) is 6.42 Å². The molecule has 76 valence electrons. The molecule has 1 aromatic heterocycles. The number of carbonyl (C=O) groups excluding carboxylic acids is 1. The number of nitrogen functional groups attached to an aromatic ring is 1. The molecular weight excluding hydrogens is 206 g/mol. The van der Waals surface area contributed by atoms with Gasteiger partial charge in [-0.3, -0.25) is 4.79 Å². The van der Waals surface area contributed by atoms with E-state index in [9.17, 15) is 4.79 Å². The standard InChI is InChI=1S/C12H11NOS/c13-12-10(6-7-15-12)8-11(14)9-4-2-1-3-5-9/h1-7H,8,13H2. The summed E-state index contributed by atoms with van der Waals surface area (Å²) in [5.74, 6) is 0.112. The molecule has 0 saturated heterocycles. The lowest BCUT2D eigenvalue weighted by molar-refractivity contribution is 0.0993. The average molecular weight is 217 g/mol. The van der Waals surface area contributed by atoms with Crippen molar-refractivity contribution in [3.05, 3.63) is 52.9 Å². The maximum Gasteiger partial charge on any atom is 0.167 e. The van der Waals surface area contributed by atoms with E-state index in [0.717, 1.165) is 16.1 Å². The molecule has 2 rings (SSSR count). The summed E-state index contributed by atoms with van der Waals surface area (Å²) < 4.78 is 0. The number of benzene rings is 1. The number of anilines is 1. The first-order valence-electron chi connectivity index (χ1n) is 4.67. The Morgan fingerprint density at radius 2 is 1.93 bits per heavy atom. The summed E-state index contributed by atoms with van der Waals surface area (Å²) in [5, 5.41) is 2.64. The second kappa shape index (κ2) is 4.28. The van der Waals surface area contributed by atoms with Crippen molar-refractivity contribution < 1.29 is 4.79 Å². The number of ketones is 1. The van der Waals surface area contributed by atoms with Crippen molar-refractivity contribution in [1.29, 1.82) is 0 Å². The SMILES string of the molecule is Nc1sccc1CC(=O)c1ccccc1. The first-order valence-corrected chi connectivity index (χ1v) is 5.55. The minimum Gasteiger partial charge on any atom is -0.390 e. The van der Waals surface area contributed by atoms with E-state index in [2.05, 4.69) is 0 Å². The van der Waals surface area contributed by atoms with Gasteiger partial charge < -0.3 is 5.73 Å². The van der Waals surface area contributed by atoms with Crippen LogP contribution in [0.5, 0.6) is 0 Å². The Hall–Kier alpha value is -1.61. The summed E-state index contributed by atoms with van der Waals surface area (Å²) in [6.07, 6.45) is 0.388. The number of hydrogen-bond donors (Lipinski definition) is 1. The smallest absolute Gasteiger partial charge is 0.167 e. The van der Waals surface area contributed by atoms with Gasteiger partial charge in [0, 0.05) is 12.0 Å². The van der Waals surface area contributed by atoms with Crippen LogP contribution in [0.4, 0.5) is 5.00 Å². The fourth-order valence-corrected chi connectivity index (χ4v) is 2.06. The van der Waals surface area contributed by atoms with Crippen LogP contribution in [0.2, 0.25) is 0 Å². The lowest BCUT2D eigenvalue weighted by atomic mass is 10.1. The van der Waals surface area contributed by atoms with Crippen LogP contribution in [0.15, 0.2) is 41.8 Å². The number of rotatable bonds is 3. The van der Waals surface area contributed by atoms with Gasteiger partial charge in [0.25, 0.3) is 0 Å². The Morgan fingerprint density at radius 3 is 2.53 bits per heavy atom. The number of hydrogen-bond acceptors (Lipinski definition) is 3. The van der Waals surface area contributed by atoms with Crippen LogP contribution in [-0.4, -0.2) is 5.78 Å². The molecule has 0 fully saturated rings. The fourth-order valence-electron chi connectivity index (χ4n) is 1.39. The van der Waals surface area contributed by atoms with Crippen molar-refractivity contribution in [2.24, 2.45) is 0 Å². The molecule has 0 aliphatic carbocycles. The molecule has 2 N–H and O–H groups in total. The van der Waals surface area contributed by atoms with Gasteiger partial charge in [-0.15, -0.1) is 11.3 Å². The zero-order valence-corrected chi connectivity index (χ0v) is 8.96. The van der Waals surface area contributed by atoms with E-state index < -0.39 is 0 Å². The Balaban J connectivity index is 2.15. The number of Topliss-reactive ketones (excluding diaryl/α,β-unsaturated/α-hetero) is 1. The summed E-state index contributed by atoms with van der Waals surface area (Å²) >= 11 is 1.47. The molecule has 0 bridgehead atoms. The van der Waals surface area contributed by atoms with Gasteiger partial charge in [-0.1, -0.05) is 30.3 Å². The van der Waals surface area contributed by atoms with E-state index in [4.69, 9.17) is 5.73 Å². The molecule has 0 aliphatic heterocycles. The maximum atomic E-state index is 11.8. The minimum atomic E-state index is 0.112. The third-order valence-corrected chi connectivity index (χ3v) is 3.02. The van der Waals surface area contributed by atoms with E-state index in [-0.39, 0.29) is 5.78 Å². The van der Waals surface area contributed by atoms with Crippen LogP contribution < -0.4 is 5.73 Å². The second-order valence-electron chi connectivity index (χ2n) is 3.28. The van der Waals surface area contributed by atoms with E-state index in [1.165, 1.54) is 11.3 Å². The van der Waals surface area contributed by atoms with Gasteiger partial charge in [0.15, 0.2) is 5.78 Å². The van der Waals surface area contributed by atoms with Gasteiger partial charge in [-0.2, -0.15) is 0 Å². The summed E-state index contributed by atoms with van der Waals surface area (Å²) in [5.41, 5.74) is 7.40. The molecular formula is C12H11NOS. The number of thiophene rings is 1. The first kappa shape index (κ1) is 9.93. The van der Waals surface area contributed by atoms with Gasteiger partial charge in [-0.05, 0) is 17.0 Å². The predicted molar refractivity (Wildman–Crippen MR) is 63.2 cm³/mol. The lowest BCUT2D eigenvalue weighted by Gasteiger charge is -1.99. The fraction of sp³-hybridized carbons (Fsp3) is 0.0833. The van der Waals surface area contributed by atoms with E-state index in [1.54, 1.807) is 0 Å². The largest absolute Gasteiger partial charge is 0.390 e. The highest BCUT2D eigenvalue weighted by Gasteiger charge is 2.08. The van der Waals surface area contributed by atoms with Crippen LogP contribution in [0, 0.1) is 0 Å². The molecule has 2 aromatic rings. The van der Waals surface area contributed by atoms with Gasteiger partial charge in [-0.25, -0.2) is 0 Å². The molecule has 0 atom stereocenters. The molecule has 0 unspecified atom stereocenters. The highest BCUT2D eigenvalue weighted by molar-refractivity contribution is 7.14. The van der Waals surface area contributed by atoms with Crippen molar-refractivity contribution in [3.8, 4) is 0 Å². The Bertz CT molecular complexity index is 461. The van der Waals surface area contributed by atoms with E-state index in [1.807, 2.05) is 41.8 Å². The molecule has 1 heterocycles. The molecule has 0 radical (unpaired) electrons. The zero-order valence-electron chi connectivity index (χ0n) is 8.14. The molecule has 0 saturated carbocycles. The Morgan fingerprint density at radius 1 is 1.20 bits per heavy atom. The molecule has 0 aliphatic rings. The highest BCUT2D eigenvalue weighted by atomic mass is 32.1. The quantitative estimate of drug-likeness (QED) is 0.803. The monoisotopic (exact) mass is 217 g/mol.